The van der Waals surface area contributed by atoms with Crippen LogP contribution in [0.15, 0.2) is 9.85 Å². The van der Waals surface area contributed by atoms with E-state index in [9.17, 15) is 13.2 Å². The van der Waals surface area contributed by atoms with Crippen LogP contribution in [0.5, 0.6) is 0 Å². The molecule has 1 heterocycles. The minimum Gasteiger partial charge on any atom is -0.370 e. The van der Waals surface area contributed by atoms with Crippen LogP contribution < -0.4 is 5.32 Å². The predicted molar refractivity (Wildman–Crippen MR) is 74.7 cm³/mol. The standard InChI is InChI=1S/C12H17BrF3NOS/c1-3-4-17-10(6-18-7-12(14,15)16)9-5-11(13)19-8(9)2/h5,10,17H,3-4,6-7H2,1-2H3. The highest BCUT2D eigenvalue weighted by Crippen LogP contribution is 2.31. The lowest BCUT2D eigenvalue weighted by atomic mass is 10.1. The average molecular weight is 360 g/mol. The lowest BCUT2D eigenvalue weighted by molar-refractivity contribution is -0.175. The first kappa shape index (κ1) is 16.9. The first-order chi connectivity index (χ1) is 8.83. The number of rotatable bonds is 7. The van der Waals surface area contributed by atoms with Crippen LogP contribution in [0.25, 0.3) is 0 Å². The van der Waals surface area contributed by atoms with Crippen molar-refractivity contribution in [2.24, 2.45) is 0 Å². The van der Waals surface area contributed by atoms with E-state index in [0.29, 0.717) is 0 Å². The van der Waals surface area contributed by atoms with Gasteiger partial charge in [0, 0.05) is 4.88 Å². The lowest BCUT2D eigenvalue weighted by Crippen LogP contribution is -2.28. The quantitative estimate of drug-likeness (QED) is 0.776. The Kier molecular flexibility index (Phi) is 6.79. The fourth-order valence-corrected chi connectivity index (χ4v) is 3.45. The zero-order valence-electron chi connectivity index (χ0n) is 10.8. The number of nitrogens with one attached hydrogen (secondary N) is 1. The summed E-state index contributed by atoms with van der Waals surface area (Å²) in [6.45, 7) is 3.52. The molecule has 0 saturated heterocycles. The molecule has 7 heteroatoms. The van der Waals surface area contributed by atoms with Crippen LogP contribution in [0, 0.1) is 6.92 Å². The summed E-state index contributed by atoms with van der Waals surface area (Å²) in [5.74, 6) is 0. The van der Waals surface area contributed by atoms with E-state index in [1.807, 2.05) is 19.9 Å². The Balaban J connectivity index is 2.64. The molecule has 1 rings (SSSR count). The zero-order chi connectivity index (χ0) is 14.5. The molecule has 0 aliphatic carbocycles. The molecule has 0 aliphatic heterocycles. The van der Waals surface area contributed by atoms with E-state index in [2.05, 4.69) is 21.2 Å². The summed E-state index contributed by atoms with van der Waals surface area (Å²) in [6, 6.07) is 1.73. The second-order valence-electron chi connectivity index (χ2n) is 4.20. The Bertz CT molecular complexity index is 395. The van der Waals surface area contributed by atoms with Gasteiger partial charge in [-0.2, -0.15) is 13.2 Å². The molecule has 0 bridgehead atoms. The molecule has 110 valence electrons. The maximum Gasteiger partial charge on any atom is 0.411 e. The van der Waals surface area contributed by atoms with Gasteiger partial charge in [-0.25, -0.2) is 0 Å². The van der Waals surface area contributed by atoms with Gasteiger partial charge < -0.3 is 10.1 Å². The molecule has 0 fully saturated rings. The van der Waals surface area contributed by atoms with Crippen LogP contribution in [0.2, 0.25) is 0 Å². The van der Waals surface area contributed by atoms with Crippen molar-refractivity contribution in [1.82, 2.24) is 5.32 Å². The van der Waals surface area contributed by atoms with Gasteiger partial charge in [0.05, 0.1) is 16.4 Å². The van der Waals surface area contributed by atoms with Crippen LogP contribution in [0.3, 0.4) is 0 Å². The number of ether oxygens (including phenoxy) is 1. The molecule has 0 saturated carbocycles. The SMILES string of the molecule is CCCNC(COCC(F)(F)F)c1cc(Br)sc1C. The van der Waals surface area contributed by atoms with E-state index >= 15 is 0 Å². The van der Waals surface area contributed by atoms with E-state index in [1.54, 1.807) is 11.3 Å². The molecule has 19 heavy (non-hydrogen) atoms. The second-order valence-corrected chi connectivity index (χ2v) is 6.83. The highest BCUT2D eigenvalue weighted by molar-refractivity contribution is 9.11. The smallest absolute Gasteiger partial charge is 0.370 e. The molecule has 0 spiro atoms. The summed E-state index contributed by atoms with van der Waals surface area (Å²) in [7, 11) is 0. The molecule has 0 aliphatic rings. The maximum absolute atomic E-state index is 12.1. The third kappa shape index (κ3) is 6.25. The number of hydrogen-bond acceptors (Lipinski definition) is 3. The monoisotopic (exact) mass is 359 g/mol. The molecular weight excluding hydrogens is 343 g/mol. The fraction of sp³-hybridized carbons (Fsp3) is 0.667. The highest BCUT2D eigenvalue weighted by atomic mass is 79.9. The van der Waals surface area contributed by atoms with Crippen molar-refractivity contribution < 1.29 is 17.9 Å². The first-order valence-corrected chi connectivity index (χ1v) is 7.58. The van der Waals surface area contributed by atoms with Gasteiger partial charge in [0.2, 0.25) is 0 Å². The van der Waals surface area contributed by atoms with Crippen LogP contribution in [-0.2, 0) is 4.74 Å². The number of thiophene rings is 1. The number of aryl methyl sites for hydroxylation is 1. The molecule has 1 N–H and O–H groups in total. The summed E-state index contributed by atoms with van der Waals surface area (Å²) in [4.78, 5) is 1.08. The normalized spacial score (nSPS) is 13.8. The largest absolute Gasteiger partial charge is 0.411 e. The van der Waals surface area contributed by atoms with Crippen molar-refractivity contribution in [1.29, 1.82) is 0 Å². The van der Waals surface area contributed by atoms with Gasteiger partial charge >= 0.3 is 6.18 Å². The molecule has 1 aromatic heterocycles. The van der Waals surface area contributed by atoms with Crippen molar-refractivity contribution in [2.75, 3.05) is 19.8 Å². The number of halogens is 4. The average Bonchev–Trinajstić information content (AvgIpc) is 2.61. The summed E-state index contributed by atoms with van der Waals surface area (Å²) in [6.07, 6.45) is -3.36. The van der Waals surface area contributed by atoms with Crippen molar-refractivity contribution in [3.8, 4) is 0 Å². The Morgan fingerprint density at radius 3 is 2.63 bits per heavy atom. The molecule has 0 radical (unpaired) electrons. The Labute approximate surface area is 123 Å². The zero-order valence-corrected chi connectivity index (χ0v) is 13.2. The van der Waals surface area contributed by atoms with E-state index in [1.165, 1.54) is 0 Å². The second kappa shape index (κ2) is 7.61. The van der Waals surface area contributed by atoms with Gasteiger partial charge in [0.15, 0.2) is 0 Å². The van der Waals surface area contributed by atoms with Crippen LogP contribution in [-0.4, -0.2) is 25.9 Å². The van der Waals surface area contributed by atoms with Gasteiger partial charge in [-0.1, -0.05) is 6.92 Å². The van der Waals surface area contributed by atoms with Gasteiger partial charge in [-0.05, 0) is 47.4 Å². The maximum atomic E-state index is 12.1. The van der Waals surface area contributed by atoms with Gasteiger partial charge in [-0.15, -0.1) is 11.3 Å². The molecule has 1 aromatic rings. The third-order valence-corrected chi connectivity index (χ3v) is 4.06. The summed E-state index contributed by atoms with van der Waals surface area (Å²) in [5, 5.41) is 3.22. The van der Waals surface area contributed by atoms with E-state index in [4.69, 9.17) is 4.74 Å². The topological polar surface area (TPSA) is 21.3 Å². The molecule has 1 atom stereocenters. The summed E-state index contributed by atoms with van der Waals surface area (Å²) < 4.78 is 42.0. The van der Waals surface area contributed by atoms with Crippen molar-refractivity contribution >= 4 is 27.3 Å². The predicted octanol–water partition coefficient (Wildman–Crippen LogP) is 4.44. The minimum atomic E-state index is -4.28. The van der Waals surface area contributed by atoms with Gasteiger partial charge in [0.25, 0.3) is 0 Å². The van der Waals surface area contributed by atoms with E-state index in [-0.39, 0.29) is 12.6 Å². The first-order valence-electron chi connectivity index (χ1n) is 5.97. The minimum absolute atomic E-state index is 0.0174. The van der Waals surface area contributed by atoms with Crippen LogP contribution >= 0.6 is 27.3 Å². The fourth-order valence-electron chi connectivity index (χ4n) is 1.67. The van der Waals surface area contributed by atoms with Crippen LogP contribution in [0.1, 0.15) is 29.8 Å². The lowest BCUT2D eigenvalue weighted by Gasteiger charge is -2.19. The summed E-state index contributed by atoms with van der Waals surface area (Å²) in [5.41, 5.74) is 0.993. The highest BCUT2D eigenvalue weighted by Gasteiger charge is 2.28. The molecule has 1 unspecified atom stereocenters. The van der Waals surface area contributed by atoms with Crippen molar-refractivity contribution in [3.63, 3.8) is 0 Å². The molecule has 0 amide bonds. The number of alkyl halides is 3. The number of hydrogen-bond donors (Lipinski definition) is 1. The van der Waals surface area contributed by atoms with Gasteiger partial charge in [-0.3, -0.25) is 0 Å². The summed E-state index contributed by atoms with van der Waals surface area (Å²) >= 11 is 4.96. The Morgan fingerprint density at radius 2 is 2.16 bits per heavy atom. The third-order valence-electron chi connectivity index (χ3n) is 2.49. The molecular formula is C12H17BrF3NOS. The Morgan fingerprint density at radius 1 is 1.47 bits per heavy atom. The van der Waals surface area contributed by atoms with Crippen molar-refractivity contribution in [3.05, 3.63) is 20.3 Å². The Hall–Kier alpha value is -0.110. The van der Waals surface area contributed by atoms with Crippen LogP contribution in [0.4, 0.5) is 13.2 Å². The molecule has 0 aromatic carbocycles. The van der Waals surface area contributed by atoms with E-state index in [0.717, 1.165) is 27.2 Å². The van der Waals surface area contributed by atoms with Gasteiger partial charge in [0.1, 0.15) is 6.61 Å². The molecule has 2 nitrogen and oxygen atoms in total. The van der Waals surface area contributed by atoms with Crippen molar-refractivity contribution in [2.45, 2.75) is 32.5 Å². The van der Waals surface area contributed by atoms with E-state index < -0.39 is 12.8 Å².